The van der Waals surface area contributed by atoms with E-state index in [0.29, 0.717) is 5.82 Å². The normalized spacial score (nSPS) is 12.0. The maximum Gasteiger partial charge on any atom is 0.226 e. The van der Waals surface area contributed by atoms with Gasteiger partial charge in [0, 0.05) is 29.9 Å². The van der Waals surface area contributed by atoms with E-state index in [4.69, 9.17) is 0 Å². The van der Waals surface area contributed by atoms with Crippen LogP contribution in [0.25, 0.3) is 11.3 Å². The number of imidazole rings is 1. The molecule has 5 nitrogen and oxygen atoms in total. The molecule has 1 N–H and O–H groups in total. The average molecular weight is 435 g/mol. The summed E-state index contributed by atoms with van der Waals surface area (Å²) >= 11 is 1.52. The van der Waals surface area contributed by atoms with Crippen LogP contribution < -0.4 is 5.32 Å². The second-order valence-corrected chi connectivity index (χ2v) is 8.78. The molecule has 0 saturated carbocycles. The predicted molar refractivity (Wildman–Crippen MR) is 120 cm³/mol. The fraction of sp³-hybridized carbons (Fsp3) is 0.208. The summed E-state index contributed by atoms with van der Waals surface area (Å²) in [6.07, 6.45) is 3.71. The van der Waals surface area contributed by atoms with E-state index >= 15 is 0 Å². The fourth-order valence-corrected chi connectivity index (χ4v) is 4.45. The van der Waals surface area contributed by atoms with Crippen LogP contribution in [0.4, 0.5) is 4.39 Å². The van der Waals surface area contributed by atoms with E-state index < -0.39 is 6.04 Å². The number of thiazole rings is 1. The van der Waals surface area contributed by atoms with Gasteiger partial charge in [-0.3, -0.25) is 4.79 Å². The van der Waals surface area contributed by atoms with E-state index in [-0.39, 0.29) is 18.1 Å². The molecule has 2 heterocycles. The van der Waals surface area contributed by atoms with Crippen molar-refractivity contribution >= 4 is 17.2 Å². The van der Waals surface area contributed by atoms with Gasteiger partial charge in [-0.15, -0.1) is 11.3 Å². The lowest BCUT2D eigenvalue weighted by molar-refractivity contribution is -0.120. The van der Waals surface area contributed by atoms with Crippen LogP contribution in [0.15, 0.2) is 60.9 Å². The molecule has 0 aliphatic heterocycles. The van der Waals surface area contributed by atoms with Crippen LogP contribution >= 0.6 is 11.3 Å². The summed E-state index contributed by atoms with van der Waals surface area (Å²) in [5.41, 5.74) is 3.78. The molecule has 2 aromatic carbocycles. The summed E-state index contributed by atoms with van der Waals surface area (Å²) < 4.78 is 15.3. The molecule has 0 saturated heterocycles. The molecular formula is C24H23FN4OS. The molecule has 0 aliphatic carbocycles. The van der Waals surface area contributed by atoms with Crippen LogP contribution in [0.3, 0.4) is 0 Å². The van der Waals surface area contributed by atoms with Gasteiger partial charge in [-0.25, -0.2) is 14.4 Å². The van der Waals surface area contributed by atoms with Crippen molar-refractivity contribution in [2.75, 3.05) is 0 Å². The Morgan fingerprint density at radius 3 is 2.48 bits per heavy atom. The van der Waals surface area contributed by atoms with E-state index in [0.717, 1.165) is 26.7 Å². The van der Waals surface area contributed by atoms with Crippen LogP contribution in [0.5, 0.6) is 0 Å². The highest BCUT2D eigenvalue weighted by atomic mass is 32.1. The summed E-state index contributed by atoms with van der Waals surface area (Å²) in [6.45, 7) is 3.98. The van der Waals surface area contributed by atoms with E-state index in [1.54, 1.807) is 18.3 Å². The van der Waals surface area contributed by atoms with Crippen molar-refractivity contribution < 1.29 is 9.18 Å². The Bertz CT molecular complexity index is 1200. The van der Waals surface area contributed by atoms with Gasteiger partial charge in [0.05, 0.1) is 17.1 Å². The molecule has 7 heteroatoms. The summed E-state index contributed by atoms with van der Waals surface area (Å²) in [4.78, 5) is 23.0. The third-order valence-electron chi connectivity index (χ3n) is 5.08. The minimum atomic E-state index is -0.482. The molecule has 0 fully saturated rings. The highest BCUT2D eigenvalue weighted by molar-refractivity contribution is 7.12. The standard InChI is InChI=1S/C24H23FN4OS/c1-15-4-6-17(7-5-15)22-20(31-16(2)27-22)14-21(30)28-23(24-26-12-13-29(24)3)18-8-10-19(25)11-9-18/h4-13,23H,14H2,1-3H3,(H,28,30). The number of hydrogen-bond donors (Lipinski definition) is 1. The molecule has 1 unspecified atom stereocenters. The van der Waals surface area contributed by atoms with E-state index in [1.165, 1.54) is 29.0 Å². The summed E-state index contributed by atoms with van der Waals surface area (Å²) in [5, 5.41) is 3.99. The zero-order valence-corrected chi connectivity index (χ0v) is 18.4. The molecule has 0 bridgehead atoms. The molecule has 4 aromatic rings. The van der Waals surface area contributed by atoms with Crippen LogP contribution in [0.2, 0.25) is 0 Å². The Hall–Kier alpha value is -3.32. The number of nitrogens with one attached hydrogen (secondary N) is 1. The third kappa shape index (κ3) is 4.72. The second kappa shape index (κ2) is 8.81. The van der Waals surface area contributed by atoms with Crippen molar-refractivity contribution in [3.8, 4) is 11.3 Å². The van der Waals surface area contributed by atoms with Crippen molar-refractivity contribution in [3.05, 3.63) is 93.6 Å². The SMILES string of the molecule is Cc1ccc(-c2nc(C)sc2CC(=O)NC(c2ccc(F)cc2)c2nccn2C)cc1. The van der Waals surface area contributed by atoms with Gasteiger partial charge in [0.2, 0.25) is 5.91 Å². The zero-order chi connectivity index (χ0) is 22.0. The lowest BCUT2D eigenvalue weighted by atomic mass is 10.0. The minimum Gasteiger partial charge on any atom is -0.342 e. The zero-order valence-electron chi connectivity index (χ0n) is 17.6. The van der Waals surface area contributed by atoms with E-state index in [9.17, 15) is 9.18 Å². The lowest BCUT2D eigenvalue weighted by Gasteiger charge is -2.19. The van der Waals surface area contributed by atoms with Crippen molar-refractivity contribution in [3.63, 3.8) is 0 Å². The molecule has 31 heavy (non-hydrogen) atoms. The first-order valence-electron chi connectivity index (χ1n) is 9.96. The molecule has 2 aromatic heterocycles. The molecule has 0 radical (unpaired) electrons. The number of carbonyl (C=O) groups is 1. The van der Waals surface area contributed by atoms with Crippen molar-refractivity contribution in [2.24, 2.45) is 7.05 Å². The van der Waals surface area contributed by atoms with E-state index in [1.807, 2.05) is 55.9 Å². The average Bonchev–Trinajstić information content (AvgIpc) is 3.32. The Balaban J connectivity index is 1.60. The van der Waals surface area contributed by atoms with Gasteiger partial charge in [0.1, 0.15) is 17.7 Å². The monoisotopic (exact) mass is 434 g/mol. The first-order chi connectivity index (χ1) is 14.9. The Morgan fingerprint density at radius 1 is 1.13 bits per heavy atom. The largest absolute Gasteiger partial charge is 0.342 e. The lowest BCUT2D eigenvalue weighted by Crippen LogP contribution is -2.32. The Kier molecular flexibility index (Phi) is 5.95. The quantitative estimate of drug-likeness (QED) is 0.477. The number of nitrogens with zero attached hydrogens (tertiary/aromatic N) is 3. The number of halogens is 1. The van der Waals surface area contributed by atoms with Gasteiger partial charge in [0.25, 0.3) is 0 Å². The van der Waals surface area contributed by atoms with Gasteiger partial charge in [-0.1, -0.05) is 42.0 Å². The predicted octanol–water partition coefficient (Wildman–Crippen LogP) is 4.75. The van der Waals surface area contributed by atoms with Crippen LogP contribution in [0.1, 0.15) is 32.9 Å². The molecule has 4 rings (SSSR count). The van der Waals surface area contributed by atoms with Gasteiger partial charge in [-0.2, -0.15) is 0 Å². The molecule has 158 valence electrons. The Morgan fingerprint density at radius 2 is 1.84 bits per heavy atom. The van der Waals surface area contributed by atoms with Gasteiger partial charge in [-0.05, 0) is 31.5 Å². The maximum atomic E-state index is 13.4. The van der Waals surface area contributed by atoms with Crippen LogP contribution in [-0.2, 0) is 18.3 Å². The van der Waals surface area contributed by atoms with Crippen molar-refractivity contribution in [1.29, 1.82) is 0 Å². The van der Waals surface area contributed by atoms with Gasteiger partial charge < -0.3 is 9.88 Å². The summed E-state index contributed by atoms with van der Waals surface area (Å²) in [7, 11) is 1.87. The van der Waals surface area contributed by atoms with Crippen molar-refractivity contribution in [1.82, 2.24) is 19.9 Å². The number of benzene rings is 2. The third-order valence-corrected chi connectivity index (χ3v) is 6.05. The first-order valence-corrected chi connectivity index (χ1v) is 10.8. The number of amides is 1. The highest BCUT2D eigenvalue weighted by Crippen LogP contribution is 2.29. The van der Waals surface area contributed by atoms with Crippen molar-refractivity contribution in [2.45, 2.75) is 26.3 Å². The minimum absolute atomic E-state index is 0.144. The van der Waals surface area contributed by atoms with Crippen LogP contribution in [0, 0.1) is 19.7 Å². The van der Waals surface area contributed by atoms with Crippen LogP contribution in [-0.4, -0.2) is 20.4 Å². The molecular weight excluding hydrogens is 411 g/mol. The number of aryl methyl sites for hydroxylation is 3. The maximum absolute atomic E-state index is 13.4. The topological polar surface area (TPSA) is 59.8 Å². The number of carbonyl (C=O) groups excluding carboxylic acids is 1. The number of rotatable bonds is 6. The molecule has 1 atom stereocenters. The van der Waals surface area contributed by atoms with Gasteiger partial charge in [0.15, 0.2) is 0 Å². The smallest absolute Gasteiger partial charge is 0.226 e. The summed E-state index contributed by atoms with van der Waals surface area (Å²) in [6, 6.07) is 13.8. The summed E-state index contributed by atoms with van der Waals surface area (Å²) in [5.74, 6) is 0.213. The first kappa shape index (κ1) is 20.9. The molecule has 0 aliphatic rings. The Labute approximate surface area is 184 Å². The second-order valence-electron chi connectivity index (χ2n) is 7.50. The number of aromatic nitrogens is 3. The highest BCUT2D eigenvalue weighted by Gasteiger charge is 2.22. The molecule has 0 spiro atoms. The van der Waals surface area contributed by atoms with Gasteiger partial charge >= 0.3 is 0 Å². The fourth-order valence-electron chi connectivity index (χ4n) is 3.49. The molecule has 1 amide bonds. The number of hydrogen-bond acceptors (Lipinski definition) is 4. The van der Waals surface area contributed by atoms with E-state index in [2.05, 4.69) is 15.3 Å².